The molecule has 7 heteroatoms. The monoisotopic (exact) mass is 305 g/mol. The van der Waals surface area contributed by atoms with E-state index in [1.54, 1.807) is 7.05 Å². The van der Waals surface area contributed by atoms with Crippen molar-refractivity contribution in [1.29, 1.82) is 0 Å². The molecule has 0 aliphatic heterocycles. The summed E-state index contributed by atoms with van der Waals surface area (Å²) in [5.41, 5.74) is 6.08. The predicted octanol–water partition coefficient (Wildman–Crippen LogP) is 0.440. The average molecular weight is 305 g/mol. The van der Waals surface area contributed by atoms with Gasteiger partial charge in [0.25, 0.3) is 5.56 Å². The summed E-state index contributed by atoms with van der Waals surface area (Å²) >= 11 is 0. The average Bonchev–Trinajstić information content (AvgIpc) is 2.92. The van der Waals surface area contributed by atoms with E-state index in [0.29, 0.717) is 30.2 Å². The second kappa shape index (κ2) is 5.72. The molecule has 22 heavy (non-hydrogen) atoms. The van der Waals surface area contributed by atoms with E-state index in [4.69, 9.17) is 5.73 Å². The van der Waals surface area contributed by atoms with E-state index in [1.807, 2.05) is 4.57 Å². The smallest absolute Gasteiger partial charge is 0.329 e. The lowest BCUT2D eigenvalue weighted by Gasteiger charge is -2.22. The van der Waals surface area contributed by atoms with Crippen LogP contribution in [0.25, 0.3) is 11.2 Å². The van der Waals surface area contributed by atoms with Crippen LogP contribution in [0.2, 0.25) is 0 Å². The largest absolute Gasteiger partial charge is 0.332 e. The first-order valence-electron chi connectivity index (χ1n) is 7.92. The van der Waals surface area contributed by atoms with Gasteiger partial charge in [-0.05, 0) is 12.8 Å². The second-order valence-corrected chi connectivity index (χ2v) is 6.12. The van der Waals surface area contributed by atoms with Crippen molar-refractivity contribution in [2.45, 2.75) is 44.6 Å². The van der Waals surface area contributed by atoms with Crippen molar-refractivity contribution >= 4 is 11.2 Å². The van der Waals surface area contributed by atoms with Crippen LogP contribution in [0.15, 0.2) is 9.59 Å². The van der Waals surface area contributed by atoms with Gasteiger partial charge in [0.1, 0.15) is 5.82 Å². The van der Waals surface area contributed by atoms with Crippen LogP contribution in [-0.4, -0.2) is 25.2 Å². The first kappa shape index (κ1) is 15.0. The molecule has 0 aromatic carbocycles. The maximum absolute atomic E-state index is 12.5. The first-order valence-corrected chi connectivity index (χ1v) is 7.92. The highest BCUT2D eigenvalue weighted by Gasteiger charge is 2.25. The van der Waals surface area contributed by atoms with Crippen LogP contribution >= 0.6 is 0 Å². The SMILES string of the molecule is Cn1c(=O)c2c(nc(C3CCCCC3)n2CCN)n(C)c1=O. The summed E-state index contributed by atoms with van der Waals surface area (Å²) in [6, 6.07) is 0. The minimum atomic E-state index is -0.343. The van der Waals surface area contributed by atoms with Gasteiger partial charge >= 0.3 is 5.69 Å². The number of hydrogen-bond donors (Lipinski definition) is 1. The molecule has 2 N–H and O–H groups in total. The van der Waals surface area contributed by atoms with Gasteiger partial charge in [-0.15, -0.1) is 0 Å². The van der Waals surface area contributed by atoms with Crippen LogP contribution in [-0.2, 0) is 20.6 Å². The minimum Gasteiger partial charge on any atom is -0.329 e. The fraction of sp³-hybridized carbons (Fsp3) is 0.667. The van der Waals surface area contributed by atoms with E-state index in [2.05, 4.69) is 4.98 Å². The summed E-state index contributed by atoms with van der Waals surface area (Å²) in [6.07, 6.45) is 5.80. The van der Waals surface area contributed by atoms with Gasteiger partial charge in [-0.3, -0.25) is 13.9 Å². The number of nitrogens with zero attached hydrogens (tertiary/aromatic N) is 4. The zero-order valence-electron chi connectivity index (χ0n) is 13.2. The van der Waals surface area contributed by atoms with Gasteiger partial charge in [0.05, 0.1) is 0 Å². The molecule has 1 fully saturated rings. The highest BCUT2D eigenvalue weighted by Crippen LogP contribution is 2.33. The number of aryl methyl sites for hydroxylation is 1. The van der Waals surface area contributed by atoms with E-state index in [1.165, 1.54) is 30.9 Å². The standard InChI is InChI=1S/C15H23N5O2/c1-18-13-11(14(21)19(2)15(18)22)20(9-8-16)12(17-13)10-6-4-3-5-7-10/h10H,3-9,16H2,1-2H3. The van der Waals surface area contributed by atoms with Crippen LogP contribution in [0.1, 0.15) is 43.8 Å². The predicted molar refractivity (Wildman–Crippen MR) is 85.1 cm³/mol. The Morgan fingerprint density at radius 3 is 2.45 bits per heavy atom. The summed E-state index contributed by atoms with van der Waals surface area (Å²) in [4.78, 5) is 29.3. The number of rotatable bonds is 3. The quantitative estimate of drug-likeness (QED) is 0.891. The molecule has 0 bridgehead atoms. The lowest BCUT2D eigenvalue weighted by Crippen LogP contribution is -2.37. The molecular formula is C15H23N5O2. The van der Waals surface area contributed by atoms with E-state index in [-0.39, 0.29) is 11.2 Å². The lowest BCUT2D eigenvalue weighted by molar-refractivity contribution is 0.417. The third-order valence-corrected chi connectivity index (χ3v) is 4.70. The Morgan fingerprint density at radius 2 is 1.82 bits per heavy atom. The van der Waals surface area contributed by atoms with Crippen LogP contribution in [0.5, 0.6) is 0 Å². The molecule has 1 aliphatic rings. The summed E-state index contributed by atoms with van der Waals surface area (Å²) in [5, 5.41) is 0. The van der Waals surface area contributed by atoms with Crippen LogP contribution in [0, 0.1) is 0 Å². The molecule has 0 saturated heterocycles. The molecule has 0 atom stereocenters. The summed E-state index contributed by atoms with van der Waals surface area (Å²) in [7, 11) is 3.17. The number of imidazole rings is 1. The van der Waals surface area contributed by atoms with Gasteiger partial charge in [0.15, 0.2) is 11.2 Å². The number of aromatic nitrogens is 4. The van der Waals surface area contributed by atoms with Crippen molar-refractivity contribution < 1.29 is 0 Å². The van der Waals surface area contributed by atoms with E-state index in [9.17, 15) is 9.59 Å². The van der Waals surface area contributed by atoms with E-state index in [0.717, 1.165) is 23.2 Å². The summed E-state index contributed by atoms with van der Waals surface area (Å²) in [5.74, 6) is 1.27. The van der Waals surface area contributed by atoms with Crippen LogP contribution in [0.3, 0.4) is 0 Å². The Labute approximate surface area is 128 Å². The Bertz CT molecular complexity index is 808. The Morgan fingerprint density at radius 1 is 1.14 bits per heavy atom. The molecule has 1 aliphatic carbocycles. The zero-order chi connectivity index (χ0) is 15.9. The van der Waals surface area contributed by atoms with E-state index < -0.39 is 0 Å². The van der Waals surface area contributed by atoms with Gasteiger partial charge < -0.3 is 10.3 Å². The fourth-order valence-electron chi connectivity index (χ4n) is 3.49. The normalized spacial score (nSPS) is 16.5. The molecule has 120 valence electrons. The minimum absolute atomic E-state index is 0.291. The van der Waals surface area contributed by atoms with Crippen molar-refractivity contribution in [1.82, 2.24) is 18.7 Å². The fourth-order valence-corrected chi connectivity index (χ4v) is 3.49. The molecule has 1 saturated carbocycles. The van der Waals surface area contributed by atoms with E-state index >= 15 is 0 Å². The first-order chi connectivity index (χ1) is 10.6. The van der Waals surface area contributed by atoms with Gasteiger partial charge in [-0.25, -0.2) is 9.78 Å². The molecule has 2 aromatic heterocycles. The molecule has 0 radical (unpaired) electrons. The molecule has 2 aromatic rings. The maximum Gasteiger partial charge on any atom is 0.332 e. The molecule has 2 heterocycles. The highest BCUT2D eigenvalue weighted by atomic mass is 16.2. The van der Waals surface area contributed by atoms with Gasteiger partial charge in [-0.1, -0.05) is 19.3 Å². The molecule has 3 rings (SSSR count). The third kappa shape index (κ3) is 2.20. The Kier molecular flexibility index (Phi) is 3.90. The molecule has 0 spiro atoms. The van der Waals surface area contributed by atoms with Gasteiger partial charge in [-0.2, -0.15) is 0 Å². The zero-order valence-corrected chi connectivity index (χ0v) is 13.2. The van der Waals surface area contributed by atoms with Gasteiger partial charge in [0.2, 0.25) is 0 Å². The van der Waals surface area contributed by atoms with Crippen molar-refractivity contribution in [3.63, 3.8) is 0 Å². The number of fused-ring (bicyclic) bond motifs is 1. The van der Waals surface area contributed by atoms with Crippen LogP contribution < -0.4 is 17.0 Å². The lowest BCUT2D eigenvalue weighted by atomic mass is 9.88. The van der Waals surface area contributed by atoms with Crippen molar-refractivity contribution in [2.24, 2.45) is 19.8 Å². The van der Waals surface area contributed by atoms with Crippen molar-refractivity contribution in [2.75, 3.05) is 6.54 Å². The molecule has 0 unspecified atom stereocenters. The number of hydrogen-bond acceptors (Lipinski definition) is 4. The Balaban J connectivity index is 2.31. The van der Waals surface area contributed by atoms with Gasteiger partial charge in [0, 0.05) is 33.1 Å². The molecular weight excluding hydrogens is 282 g/mol. The summed E-state index contributed by atoms with van der Waals surface area (Å²) < 4.78 is 4.53. The summed E-state index contributed by atoms with van der Waals surface area (Å²) in [6.45, 7) is 0.993. The van der Waals surface area contributed by atoms with Crippen molar-refractivity contribution in [3.8, 4) is 0 Å². The topological polar surface area (TPSA) is 87.8 Å². The van der Waals surface area contributed by atoms with Crippen molar-refractivity contribution in [3.05, 3.63) is 26.7 Å². The number of nitrogens with two attached hydrogens (primary N) is 1. The molecule has 0 amide bonds. The highest BCUT2D eigenvalue weighted by molar-refractivity contribution is 5.71. The maximum atomic E-state index is 12.5. The second-order valence-electron chi connectivity index (χ2n) is 6.12. The third-order valence-electron chi connectivity index (χ3n) is 4.70. The Hall–Kier alpha value is -1.89. The van der Waals surface area contributed by atoms with Crippen LogP contribution in [0.4, 0.5) is 0 Å². The molecule has 7 nitrogen and oxygen atoms in total.